The minimum absolute atomic E-state index is 0.0110. The van der Waals surface area contributed by atoms with E-state index in [4.69, 9.17) is 18.9 Å². The van der Waals surface area contributed by atoms with Crippen LogP contribution in [0.3, 0.4) is 0 Å². The van der Waals surface area contributed by atoms with Crippen LogP contribution in [-0.2, 0) is 6.42 Å². The van der Waals surface area contributed by atoms with Crippen LogP contribution < -0.4 is 18.9 Å². The van der Waals surface area contributed by atoms with E-state index in [2.05, 4.69) is 18.0 Å². The predicted octanol–water partition coefficient (Wildman–Crippen LogP) is 3.07. The second-order valence-electron chi connectivity index (χ2n) is 7.28. The van der Waals surface area contributed by atoms with Crippen molar-refractivity contribution in [3.63, 3.8) is 0 Å². The molecule has 0 fully saturated rings. The Bertz CT molecular complexity index is 871. The molecule has 3 rings (SSSR count). The Balaban J connectivity index is 1.46. The second-order valence-corrected chi connectivity index (χ2v) is 7.28. The third kappa shape index (κ3) is 4.97. The van der Waals surface area contributed by atoms with Crippen LogP contribution in [0.4, 0.5) is 0 Å². The molecule has 0 radical (unpaired) electrons. The predicted molar refractivity (Wildman–Crippen MR) is 115 cm³/mol. The number of ether oxygens (including phenoxy) is 4. The summed E-state index contributed by atoms with van der Waals surface area (Å²) in [5.41, 5.74) is 1.76. The van der Waals surface area contributed by atoms with Crippen LogP contribution in [0.15, 0.2) is 36.4 Å². The molecule has 2 aromatic rings. The summed E-state index contributed by atoms with van der Waals surface area (Å²) in [7, 11) is 6.95. The molecule has 0 saturated carbocycles. The normalized spacial score (nSPS) is 13.1. The zero-order valence-corrected chi connectivity index (χ0v) is 18.1. The van der Waals surface area contributed by atoms with Crippen molar-refractivity contribution >= 4 is 5.91 Å². The van der Waals surface area contributed by atoms with Crippen LogP contribution in [0.2, 0.25) is 0 Å². The molecule has 0 bridgehead atoms. The van der Waals surface area contributed by atoms with Crippen LogP contribution in [0.5, 0.6) is 23.0 Å². The monoisotopic (exact) mass is 414 g/mol. The molecule has 0 spiro atoms. The van der Waals surface area contributed by atoms with Gasteiger partial charge in [-0.3, -0.25) is 4.79 Å². The van der Waals surface area contributed by atoms with Gasteiger partial charge in [-0.05, 0) is 56.3 Å². The van der Waals surface area contributed by atoms with Crippen molar-refractivity contribution in [2.45, 2.75) is 12.8 Å². The van der Waals surface area contributed by atoms with Crippen molar-refractivity contribution in [3.8, 4) is 23.0 Å². The number of carbonyl (C=O) groups excluding carboxylic acids is 1. The fraction of sp³-hybridized carbons (Fsp3) is 0.435. The Hall–Kier alpha value is -2.93. The molecule has 7 heteroatoms. The molecule has 1 aliphatic heterocycles. The zero-order chi connectivity index (χ0) is 21.5. The smallest absolute Gasteiger partial charge is 0.260 e. The molecule has 0 unspecified atom stereocenters. The van der Waals surface area contributed by atoms with E-state index in [0.717, 1.165) is 37.4 Å². The summed E-state index contributed by atoms with van der Waals surface area (Å²) in [5, 5.41) is 0. The van der Waals surface area contributed by atoms with E-state index in [9.17, 15) is 4.79 Å². The number of para-hydroxylation sites is 1. The van der Waals surface area contributed by atoms with E-state index >= 15 is 0 Å². The average Bonchev–Trinajstić information content (AvgIpc) is 2.78. The lowest BCUT2D eigenvalue weighted by Crippen LogP contribution is -2.40. The van der Waals surface area contributed by atoms with Gasteiger partial charge in [0.05, 0.1) is 26.9 Å². The third-order valence-electron chi connectivity index (χ3n) is 5.28. The number of rotatable bonds is 10. The van der Waals surface area contributed by atoms with Gasteiger partial charge in [-0.2, -0.15) is 0 Å². The minimum Gasteiger partial charge on any atom is -0.493 e. The first-order valence-corrected chi connectivity index (χ1v) is 10.1. The number of methoxy groups -OCH3 is 3. The van der Waals surface area contributed by atoms with Crippen molar-refractivity contribution in [1.29, 1.82) is 0 Å². The van der Waals surface area contributed by atoms with E-state index in [1.165, 1.54) is 5.56 Å². The van der Waals surface area contributed by atoms with Crippen LogP contribution in [-0.4, -0.2) is 70.4 Å². The minimum atomic E-state index is -0.0110. The van der Waals surface area contributed by atoms with E-state index in [1.54, 1.807) is 38.4 Å². The van der Waals surface area contributed by atoms with Gasteiger partial charge in [-0.15, -0.1) is 0 Å². The summed E-state index contributed by atoms with van der Waals surface area (Å²) in [6, 6.07) is 11.4. The summed E-state index contributed by atoms with van der Waals surface area (Å²) < 4.78 is 21.7. The van der Waals surface area contributed by atoms with Crippen molar-refractivity contribution in [2.24, 2.45) is 0 Å². The first-order chi connectivity index (χ1) is 14.6. The number of fused-ring (bicyclic) bond motifs is 1. The van der Waals surface area contributed by atoms with Crippen LogP contribution in [0, 0.1) is 0 Å². The highest BCUT2D eigenvalue weighted by Crippen LogP contribution is 2.34. The van der Waals surface area contributed by atoms with Gasteiger partial charge in [0.25, 0.3) is 5.91 Å². The summed E-state index contributed by atoms with van der Waals surface area (Å²) in [4.78, 5) is 16.7. The van der Waals surface area contributed by atoms with Crippen LogP contribution in [0.1, 0.15) is 22.3 Å². The van der Waals surface area contributed by atoms with Gasteiger partial charge >= 0.3 is 0 Å². The van der Waals surface area contributed by atoms with Gasteiger partial charge in [0.2, 0.25) is 0 Å². The molecule has 1 aliphatic rings. The maximum atomic E-state index is 12.7. The van der Waals surface area contributed by atoms with Gasteiger partial charge < -0.3 is 28.7 Å². The maximum Gasteiger partial charge on any atom is 0.260 e. The highest BCUT2D eigenvalue weighted by molar-refractivity contribution is 5.98. The number of nitrogens with zero attached hydrogens (tertiary/aromatic N) is 2. The Morgan fingerprint density at radius 1 is 1.00 bits per heavy atom. The van der Waals surface area contributed by atoms with Crippen molar-refractivity contribution in [2.75, 3.05) is 54.7 Å². The number of likely N-dealkylation sites (N-methyl/N-ethyl adjacent to an activating group) is 1. The van der Waals surface area contributed by atoms with Gasteiger partial charge in [0.15, 0.2) is 29.7 Å². The molecule has 30 heavy (non-hydrogen) atoms. The number of amides is 1. The lowest BCUT2D eigenvalue weighted by atomic mass is 10.1. The van der Waals surface area contributed by atoms with Gasteiger partial charge in [0.1, 0.15) is 0 Å². The molecule has 0 saturated heterocycles. The topological polar surface area (TPSA) is 60.5 Å². The molecular weight excluding hydrogens is 384 g/mol. The van der Waals surface area contributed by atoms with Crippen molar-refractivity contribution in [1.82, 2.24) is 9.80 Å². The first kappa shape index (κ1) is 21.8. The number of hydrogen-bond donors (Lipinski definition) is 0. The third-order valence-corrected chi connectivity index (χ3v) is 5.28. The Morgan fingerprint density at radius 2 is 1.77 bits per heavy atom. The van der Waals surface area contributed by atoms with Gasteiger partial charge in [-0.25, -0.2) is 0 Å². The molecule has 162 valence electrons. The second kappa shape index (κ2) is 10.2. The van der Waals surface area contributed by atoms with E-state index in [-0.39, 0.29) is 12.6 Å². The van der Waals surface area contributed by atoms with Crippen LogP contribution >= 0.6 is 0 Å². The van der Waals surface area contributed by atoms with E-state index in [1.807, 2.05) is 18.2 Å². The molecule has 0 aromatic heterocycles. The SMILES string of the molecule is COc1ccc(CCN(C)CCCN2COc3c(OC)cccc3C2=O)cc1OC. The molecular formula is C23H30N2O5. The summed E-state index contributed by atoms with van der Waals surface area (Å²) >= 11 is 0. The standard InChI is InChI=1S/C23H30N2O5/c1-24(14-11-17-9-10-19(27-2)21(15-17)29-4)12-6-13-25-16-30-22-18(23(25)26)7-5-8-20(22)28-3/h5,7-10,15H,6,11-14,16H2,1-4H3. The molecule has 0 atom stereocenters. The summed E-state index contributed by atoms with van der Waals surface area (Å²) in [6.45, 7) is 2.71. The molecule has 7 nitrogen and oxygen atoms in total. The van der Waals surface area contributed by atoms with Crippen molar-refractivity contribution in [3.05, 3.63) is 47.5 Å². The fourth-order valence-electron chi connectivity index (χ4n) is 3.53. The maximum absolute atomic E-state index is 12.7. The molecule has 2 aromatic carbocycles. The number of carbonyl (C=O) groups is 1. The lowest BCUT2D eigenvalue weighted by molar-refractivity contribution is 0.0503. The zero-order valence-electron chi connectivity index (χ0n) is 18.1. The lowest BCUT2D eigenvalue weighted by Gasteiger charge is -2.30. The Kier molecular flexibility index (Phi) is 7.41. The Labute approximate surface area is 178 Å². The highest BCUT2D eigenvalue weighted by Gasteiger charge is 2.27. The fourth-order valence-corrected chi connectivity index (χ4v) is 3.53. The Morgan fingerprint density at radius 3 is 2.50 bits per heavy atom. The average molecular weight is 415 g/mol. The number of benzene rings is 2. The van der Waals surface area contributed by atoms with Gasteiger partial charge in [-0.1, -0.05) is 12.1 Å². The summed E-state index contributed by atoms with van der Waals surface area (Å²) in [6.07, 6.45) is 1.78. The van der Waals surface area contributed by atoms with Crippen molar-refractivity contribution < 1.29 is 23.7 Å². The van der Waals surface area contributed by atoms with Crippen LogP contribution in [0.25, 0.3) is 0 Å². The van der Waals surface area contributed by atoms with Gasteiger partial charge in [0, 0.05) is 13.1 Å². The molecule has 0 N–H and O–H groups in total. The molecule has 1 heterocycles. The quantitative estimate of drug-likeness (QED) is 0.596. The largest absolute Gasteiger partial charge is 0.493 e. The summed E-state index contributed by atoms with van der Waals surface area (Å²) in [5.74, 6) is 2.60. The molecule has 1 amide bonds. The number of hydrogen-bond acceptors (Lipinski definition) is 6. The van der Waals surface area contributed by atoms with E-state index in [0.29, 0.717) is 23.6 Å². The highest BCUT2D eigenvalue weighted by atomic mass is 16.5. The first-order valence-electron chi connectivity index (χ1n) is 10.1. The van der Waals surface area contributed by atoms with E-state index < -0.39 is 0 Å². The molecule has 0 aliphatic carbocycles.